The van der Waals surface area contributed by atoms with Crippen molar-refractivity contribution >= 4 is 0 Å². The van der Waals surface area contributed by atoms with Crippen LogP contribution in [0.15, 0.2) is 0 Å². The Labute approximate surface area is 107 Å². The molecule has 0 heterocycles. The van der Waals surface area contributed by atoms with E-state index in [1.54, 1.807) is 0 Å². The molecule has 0 bridgehead atoms. The highest BCUT2D eigenvalue weighted by Crippen LogP contribution is 2.34. The van der Waals surface area contributed by atoms with Crippen LogP contribution in [0.25, 0.3) is 0 Å². The third-order valence-corrected chi connectivity index (χ3v) is 4.29. The van der Waals surface area contributed by atoms with Crippen LogP contribution in [0.2, 0.25) is 0 Å². The van der Waals surface area contributed by atoms with Crippen LogP contribution in [-0.4, -0.2) is 25.3 Å². The van der Waals surface area contributed by atoms with E-state index in [2.05, 4.69) is 26.1 Å². The fourth-order valence-corrected chi connectivity index (χ4v) is 2.96. The van der Waals surface area contributed by atoms with Gasteiger partial charge in [0.2, 0.25) is 0 Å². The summed E-state index contributed by atoms with van der Waals surface area (Å²) in [4.78, 5) is 0. The van der Waals surface area contributed by atoms with Crippen molar-refractivity contribution in [2.75, 3.05) is 13.2 Å². The molecule has 0 aromatic carbocycles. The molecule has 2 saturated carbocycles. The molecule has 17 heavy (non-hydrogen) atoms. The lowest BCUT2D eigenvalue weighted by Gasteiger charge is -2.35. The molecule has 2 heteroatoms. The van der Waals surface area contributed by atoms with Gasteiger partial charge < -0.3 is 10.1 Å². The minimum absolute atomic E-state index is 0.379. The van der Waals surface area contributed by atoms with Crippen molar-refractivity contribution in [2.24, 2.45) is 17.8 Å². The highest BCUT2D eigenvalue weighted by Gasteiger charge is 2.30. The number of rotatable bonds is 6. The molecule has 3 atom stereocenters. The lowest BCUT2D eigenvalue weighted by molar-refractivity contribution is 0.0141. The second-order valence-electron chi connectivity index (χ2n) is 6.50. The molecule has 0 spiro atoms. The maximum absolute atomic E-state index is 5.85. The summed E-state index contributed by atoms with van der Waals surface area (Å²) in [5, 5.41) is 3.70. The molecule has 0 saturated heterocycles. The van der Waals surface area contributed by atoms with Crippen LogP contribution >= 0.6 is 0 Å². The Balaban J connectivity index is 1.76. The quantitative estimate of drug-likeness (QED) is 0.768. The summed E-state index contributed by atoms with van der Waals surface area (Å²) in [6.45, 7) is 8.88. The van der Waals surface area contributed by atoms with Crippen LogP contribution in [0.4, 0.5) is 0 Å². The Morgan fingerprint density at radius 2 is 1.88 bits per heavy atom. The summed E-state index contributed by atoms with van der Waals surface area (Å²) < 4.78 is 5.85. The van der Waals surface area contributed by atoms with Crippen LogP contribution in [0.5, 0.6) is 0 Å². The van der Waals surface area contributed by atoms with Gasteiger partial charge in [0.1, 0.15) is 0 Å². The standard InChI is InChI=1S/C15H29NO/c1-11(2)17-10-14-8-12(3)4-5-13(14)9-16-15-6-7-15/h11-16H,4-10H2,1-3H3. The van der Waals surface area contributed by atoms with E-state index in [-0.39, 0.29) is 0 Å². The molecule has 0 aromatic heterocycles. The van der Waals surface area contributed by atoms with Crippen LogP contribution in [-0.2, 0) is 4.74 Å². The van der Waals surface area contributed by atoms with Gasteiger partial charge in [-0.15, -0.1) is 0 Å². The van der Waals surface area contributed by atoms with E-state index in [9.17, 15) is 0 Å². The fourth-order valence-electron chi connectivity index (χ4n) is 2.96. The summed E-state index contributed by atoms with van der Waals surface area (Å²) in [7, 11) is 0. The monoisotopic (exact) mass is 239 g/mol. The predicted molar refractivity (Wildman–Crippen MR) is 72.1 cm³/mol. The molecule has 0 amide bonds. The SMILES string of the molecule is CC1CCC(CNC2CC2)C(COC(C)C)C1. The van der Waals surface area contributed by atoms with Gasteiger partial charge in [-0.3, -0.25) is 0 Å². The van der Waals surface area contributed by atoms with E-state index in [1.807, 2.05) is 0 Å². The van der Waals surface area contributed by atoms with Crippen LogP contribution in [0, 0.1) is 17.8 Å². The molecule has 2 rings (SSSR count). The Bertz CT molecular complexity index is 225. The maximum Gasteiger partial charge on any atom is 0.0519 e. The van der Waals surface area contributed by atoms with Gasteiger partial charge in [0.15, 0.2) is 0 Å². The number of hydrogen-bond donors (Lipinski definition) is 1. The second kappa shape index (κ2) is 6.19. The van der Waals surface area contributed by atoms with E-state index in [4.69, 9.17) is 4.74 Å². The van der Waals surface area contributed by atoms with Crippen molar-refractivity contribution in [3.05, 3.63) is 0 Å². The van der Waals surface area contributed by atoms with Crippen molar-refractivity contribution < 1.29 is 4.74 Å². The average Bonchev–Trinajstić information content (AvgIpc) is 3.09. The zero-order valence-electron chi connectivity index (χ0n) is 11.7. The Morgan fingerprint density at radius 3 is 2.53 bits per heavy atom. The van der Waals surface area contributed by atoms with Crippen molar-refractivity contribution in [3.63, 3.8) is 0 Å². The highest BCUT2D eigenvalue weighted by atomic mass is 16.5. The molecular formula is C15H29NO. The first-order valence-electron chi connectivity index (χ1n) is 7.50. The van der Waals surface area contributed by atoms with Gasteiger partial charge in [-0.2, -0.15) is 0 Å². The summed E-state index contributed by atoms with van der Waals surface area (Å²) in [6, 6.07) is 0.848. The molecule has 2 fully saturated rings. The lowest BCUT2D eigenvalue weighted by Crippen LogP contribution is -2.36. The number of hydrogen-bond acceptors (Lipinski definition) is 2. The van der Waals surface area contributed by atoms with Gasteiger partial charge in [0, 0.05) is 6.04 Å². The van der Waals surface area contributed by atoms with E-state index in [0.717, 1.165) is 30.4 Å². The second-order valence-corrected chi connectivity index (χ2v) is 6.50. The normalized spacial score (nSPS) is 34.2. The van der Waals surface area contributed by atoms with Gasteiger partial charge in [-0.05, 0) is 63.8 Å². The van der Waals surface area contributed by atoms with Crippen molar-refractivity contribution in [1.29, 1.82) is 0 Å². The van der Waals surface area contributed by atoms with Crippen molar-refractivity contribution in [3.8, 4) is 0 Å². The first kappa shape index (κ1) is 13.4. The number of ether oxygens (including phenoxy) is 1. The highest BCUT2D eigenvalue weighted by molar-refractivity contribution is 4.85. The average molecular weight is 239 g/mol. The number of nitrogens with one attached hydrogen (secondary N) is 1. The molecule has 3 unspecified atom stereocenters. The van der Waals surface area contributed by atoms with Gasteiger partial charge in [-0.25, -0.2) is 0 Å². The summed E-state index contributed by atoms with van der Waals surface area (Å²) in [5.41, 5.74) is 0. The molecule has 0 aromatic rings. The van der Waals surface area contributed by atoms with Gasteiger partial charge in [-0.1, -0.05) is 13.3 Å². The van der Waals surface area contributed by atoms with E-state index in [0.29, 0.717) is 6.10 Å². The fraction of sp³-hybridized carbons (Fsp3) is 1.00. The Hall–Kier alpha value is -0.0800. The van der Waals surface area contributed by atoms with E-state index in [1.165, 1.54) is 38.6 Å². The largest absolute Gasteiger partial charge is 0.378 e. The predicted octanol–water partition coefficient (Wildman–Crippen LogP) is 3.22. The van der Waals surface area contributed by atoms with Crippen LogP contribution in [0.1, 0.15) is 52.9 Å². The first-order chi connectivity index (χ1) is 8.15. The summed E-state index contributed by atoms with van der Waals surface area (Å²) >= 11 is 0. The summed E-state index contributed by atoms with van der Waals surface area (Å²) in [6.07, 6.45) is 7.35. The van der Waals surface area contributed by atoms with Crippen LogP contribution < -0.4 is 5.32 Å². The third kappa shape index (κ3) is 4.59. The topological polar surface area (TPSA) is 21.3 Å². The molecule has 0 aliphatic heterocycles. The van der Waals surface area contributed by atoms with Gasteiger partial charge in [0.05, 0.1) is 12.7 Å². The Morgan fingerprint density at radius 1 is 1.12 bits per heavy atom. The van der Waals surface area contributed by atoms with E-state index < -0.39 is 0 Å². The Kier molecular flexibility index (Phi) is 4.87. The van der Waals surface area contributed by atoms with Crippen LogP contribution in [0.3, 0.4) is 0 Å². The molecule has 2 aliphatic carbocycles. The molecule has 2 nitrogen and oxygen atoms in total. The lowest BCUT2D eigenvalue weighted by atomic mass is 9.75. The summed E-state index contributed by atoms with van der Waals surface area (Å²) in [5.74, 6) is 2.53. The molecule has 2 aliphatic rings. The minimum atomic E-state index is 0.379. The zero-order valence-corrected chi connectivity index (χ0v) is 11.7. The first-order valence-corrected chi connectivity index (χ1v) is 7.50. The van der Waals surface area contributed by atoms with Gasteiger partial charge >= 0.3 is 0 Å². The molecular weight excluding hydrogens is 210 g/mol. The van der Waals surface area contributed by atoms with E-state index >= 15 is 0 Å². The molecule has 100 valence electrons. The zero-order chi connectivity index (χ0) is 12.3. The molecule has 0 radical (unpaired) electrons. The maximum atomic E-state index is 5.85. The minimum Gasteiger partial charge on any atom is -0.378 e. The third-order valence-electron chi connectivity index (χ3n) is 4.29. The van der Waals surface area contributed by atoms with Crippen molar-refractivity contribution in [2.45, 2.75) is 65.0 Å². The smallest absolute Gasteiger partial charge is 0.0519 e. The molecule has 1 N–H and O–H groups in total. The van der Waals surface area contributed by atoms with Crippen molar-refractivity contribution in [1.82, 2.24) is 5.32 Å². The van der Waals surface area contributed by atoms with Gasteiger partial charge in [0.25, 0.3) is 0 Å².